The maximum absolute atomic E-state index is 5.40. The van der Waals surface area contributed by atoms with Crippen LogP contribution in [0.1, 0.15) is 53.6 Å². The normalized spacial score (nSPS) is 24.2. The van der Waals surface area contributed by atoms with Gasteiger partial charge in [0.15, 0.2) is 0 Å². The van der Waals surface area contributed by atoms with Crippen molar-refractivity contribution in [3.05, 3.63) is 18.1 Å². The van der Waals surface area contributed by atoms with Crippen molar-refractivity contribution in [2.24, 2.45) is 0 Å². The van der Waals surface area contributed by atoms with Crippen LogP contribution < -0.4 is 5.32 Å². The van der Waals surface area contributed by atoms with Gasteiger partial charge in [-0.2, -0.15) is 0 Å². The molecule has 0 atom stereocenters. The van der Waals surface area contributed by atoms with Crippen LogP contribution in [0.5, 0.6) is 0 Å². The SMILES string of the molecule is COC1CCC(Nc2cc(C(C)(C)C)ncn2)CC1.[HH]. The number of nitrogens with zero attached hydrogens (tertiary/aromatic N) is 2. The Balaban J connectivity index is 0.00000200. The van der Waals surface area contributed by atoms with Crippen LogP contribution in [-0.2, 0) is 10.2 Å². The smallest absolute Gasteiger partial charge is 0.129 e. The summed E-state index contributed by atoms with van der Waals surface area (Å²) in [6, 6.07) is 2.58. The van der Waals surface area contributed by atoms with E-state index in [-0.39, 0.29) is 6.84 Å². The zero-order valence-corrected chi connectivity index (χ0v) is 12.4. The second-order valence-electron chi connectivity index (χ2n) is 6.39. The number of hydrogen-bond donors (Lipinski definition) is 1. The molecule has 1 heterocycles. The molecule has 0 radical (unpaired) electrons. The van der Waals surface area contributed by atoms with E-state index >= 15 is 0 Å². The van der Waals surface area contributed by atoms with Crippen LogP contribution in [0.3, 0.4) is 0 Å². The zero-order valence-electron chi connectivity index (χ0n) is 12.4. The van der Waals surface area contributed by atoms with E-state index in [1.165, 1.54) is 0 Å². The number of methoxy groups -OCH3 is 1. The van der Waals surface area contributed by atoms with Crippen LogP contribution in [0, 0.1) is 0 Å². The van der Waals surface area contributed by atoms with Crippen molar-refractivity contribution in [2.45, 2.75) is 64.0 Å². The van der Waals surface area contributed by atoms with Crippen LogP contribution in [0.4, 0.5) is 5.82 Å². The van der Waals surface area contributed by atoms with Gasteiger partial charge >= 0.3 is 0 Å². The fourth-order valence-corrected chi connectivity index (χ4v) is 2.50. The summed E-state index contributed by atoms with van der Waals surface area (Å²) >= 11 is 0. The van der Waals surface area contributed by atoms with Gasteiger partial charge in [-0.1, -0.05) is 20.8 Å². The summed E-state index contributed by atoms with van der Waals surface area (Å²) in [6.45, 7) is 6.51. The van der Waals surface area contributed by atoms with Gasteiger partial charge in [-0.25, -0.2) is 9.97 Å². The maximum Gasteiger partial charge on any atom is 0.129 e. The van der Waals surface area contributed by atoms with Crippen molar-refractivity contribution in [3.8, 4) is 0 Å². The van der Waals surface area contributed by atoms with Crippen LogP contribution in [0.15, 0.2) is 12.4 Å². The number of anilines is 1. The Kier molecular flexibility index (Phi) is 4.40. The average molecular weight is 265 g/mol. The fraction of sp³-hybridized carbons (Fsp3) is 0.733. The Labute approximate surface area is 117 Å². The van der Waals surface area contributed by atoms with Gasteiger partial charge in [0.05, 0.1) is 11.8 Å². The van der Waals surface area contributed by atoms with Gasteiger partial charge < -0.3 is 10.1 Å². The highest BCUT2D eigenvalue weighted by molar-refractivity contribution is 5.37. The highest BCUT2D eigenvalue weighted by atomic mass is 16.5. The van der Waals surface area contributed by atoms with E-state index in [9.17, 15) is 0 Å². The van der Waals surface area contributed by atoms with E-state index in [2.05, 4.69) is 42.1 Å². The molecule has 4 nitrogen and oxygen atoms in total. The highest BCUT2D eigenvalue weighted by Gasteiger charge is 2.22. The second kappa shape index (κ2) is 5.87. The summed E-state index contributed by atoms with van der Waals surface area (Å²) in [4.78, 5) is 8.69. The van der Waals surface area contributed by atoms with E-state index in [4.69, 9.17) is 4.74 Å². The molecule has 1 fully saturated rings. The average Bonchev–Trinajstić information content (AvgIpc) is 2.39. The largest absolute Gasteiger partial charge is 0.381 e. The van der Waals surface area contributed by atoms with Gasteiger partial charge in [0.25, 0.3) is 0 Å². The Morgan fingerprint density at radius 1 is 1.21 bits per heavy atom. The molecule has 0 aromatic carbocycles. The third-order valence-corrected chi connectivity index (χ3v) is 3.80. The lowest BCUT2D eigenvalue weighted by atomic mass is 9.91. The molecule has 0 unspecified atom stereocenters. The molecule has 0 saturated heterocycles. The minimum atomic E-state index is 0. The minimum absolute atomic E-state index is 0. The molecular formula is C15H27N3O. The first-order chi connectivity index (χ1) is 8.99. The van der Waals surface area contributed by atoms with Gasteiger partial charge in [-0.05, 0) is 25.7 Å². The van der Waals surface area contributed by atoms with E-state index in [1.54, 1.807) is 13.4 Å². The van der Waals surface area contributed by atoms with Gasteiger partial charge in [0, 0.05) is 26.1 Å². The maximum atomic E-state index is 5.40. The molecule has 1 saturated carbocycles. The van der Waals surface area contributed by atoms with Crippen molar-refractivity contribution in [1.82, 2.24) is 9.97 Å². The third-order valence-electron chi connectivity index (χ3n) is 3.80. The zero-order chi connectivity index (χ0) is 13.9. The molecule has 0 bridgehead atoms. The van der Waals surface area contributed by atoms with Crippen molar-refractivity contribution in [2.75, 3.05) is 12.4 Å². The predicted octanol–water partition coefficient (Wildman–Crippen LogP) is 3.39. The van der Waals surface area contributed by atoms with Crippen molar-refractivity contribution in [1.29, 1.82) is 0 Å². The molecule has 0 amide bonds. The lowest BCUT2D eigenvalue weighted by molar-refractivity contribution is 0.0681. The number of ether oxygens (including phenoxy) is 1. The van der Waals surface area contributed by atoms with Crippen LogP contribution in [0.2, 0.25) is 0 Å². The Morgan fingerprint density at radius 3 is 2.47 bits per heavy atom. The Morgan fingerprint density at radius 2 is 1.89 bits per heavy atom. The molecule has 1 aliphatic carbocycles. The second-order valence-corrected chi connectivity index (χ2v) is 6.39. The van der Waals surface area contributed by atoms with Gasteiger partial charge in [-0.3, -0.25) is 0 Å². The van der Waals surface area contributed by atoms with Gasteiger partial charge in [0.2, 0.25) is 0 Å². The number of nitrogens with one attached hydrogen (secondary N) is 1. The van der Waals surface area contributed by atoms with Crippen molar-refractivity contribution in [3.63, 3.8) is 0 Å². The number of rotatable bonds is 3. The first-order valence-electron chi connectivity index (χ1n) is 7.11. The first kappa shape index (κ1) is 14.3. The van der Waals surface area contributed by atoms with Crippen LogP contribution in [-0.4, -0.2) is 29.2 Å². The molecule has 1 aliphatic rings. The molecule has 108 valence electrons. The van der Waals surface area contributed by atoms with Gasteiger partial charge in [-0.15, -0.1) is 0 Å². The number of aromatic nitrogens is 2. The van der Waals surface area contributed by atoms with Gasteiger partial charge in [0.1, 0.15) is 12.1 Å². The van der Waals surface area contributed by atoms with Crippen molar-refractivity contribution < 1.29 is 6.16 Å². The summed E-state index contributed by atoms with van der Waals surface area (Å²) < 4.78 is 5.40. The molecule has 19 heavy (non-hydrogen) atoms. The topological polar surface area (TPSA) is 47.0 Å². The van der Waals surface area contributed by atoms with E-state index in [0.29, 0.717) is 12.1 Å². The molecule has 2 rings (SSSR count). The van der Waals surface area contributed by atoms with Crippen LogP contribution in [0.25, 0.3) is 0 Å². The minimum Gasteiger partial charge on any atom is -0.381 e. The standard InChI is InChI=1S/C15H25N3O.H2/c1-15(2,3)13-9-14(17-10-16-13)18-11-5-7-12(19-4)8-6-11;/h9-12H,5-8H2,1-4H3,(H,16,17,18);1H. The summed E-state index contributed by atoms with van der Waals surface area (Å²) in [6.07, 6.45) is 6.65. The van der Waals surface area contributed by atoms with E-state index in [0.717, 1.165) is 37.2 Å². The van der Waals surface area contributed by atoms with E-state index < -0.39 is 0 Å². The molecule has 1 N–H and O–H groups in total. The fourth-order valence-electron chi connectivity index (χ4n) is 2.50. The first-order valence-corrected chi connectivity index (χ1v) is 7.11. The Bertz CT molecular complexity index is 412. The molecule has 0 aliphatic heterocycles. The number of hydrogen-bond acceptors (Lipinski definition) is 4. The monoisotopic (exact) mass is 265 g/mol. The molecule has 0 spiro atoms. The molecule has 1 aromatic heterocycles. The Hall–Kier alpha value is -1.16. The summed E-state index contributed by atoms with van der Waals surface area (Å²) in [5, 5.41) is 3.53. The summed E-state index contributed by atoms with van der Waals surface area (Å²) in [5.74, 6) is 0.945. The lowest BCUT2D eigenvalue weighted by Crippen LogP contribution is -2.29. The third kappa shape index (κ3) is 3.90. The summed E-state index contributed by atoms with van der Waals surface area (Å²) in [5.41, 5.74) is 1.14. The molecule has 4 heteroatoms. The highest BCUT2D eigenvalue weighted by Crippen LogP contribution is 2.25. The summed E-state index contributed by atoms with van der Waals surface area (Å²) in [7, 11) is 1.80. The molecule has 1 aromatic rings. The van der Waals surface area contributed by atoms with E-state index in [1.807, 2.05) is 0 Å². The molecular weight excluding hydrogens is 238 g/mol. The van der Waals surface area contributed by atoms with Crippen molar-refractivity contribution >= 4 is 5.82 Å². The predicted molar refractivity (Wildman–Crippen MR) is 79.5 cm³/mol. The quantitative estimate of drug-likeness (QED) is 0.910. The van der Waals surface area contributed by atoms with Crippen LogP contribution >= 0.6 is 0 Å². The lowest BCUT2D eigenvalue weighted by Gasteiger charge is -2.28.